The Bertz CT molecular complexity index is 752. The third kappa shape index (κ3) is 5.25. The molecule has 0 aliphatic rings. The van der Waals surface area contributed by atoms with Gasteiger partial charge in [-0.15, -0.1) is 0 Å². The van der Waals surface area contributed by atoms with E-state index in [0.29, 0.717) is 28.5 Å². The minimum atomic E-state index is -0.458. The maximum atomic E-state index is 12.2. The molecule has 0 saturated carbocycles. The van der Waals surface area contributed by atoms with Crippen molar-refractivity contribution >= 4 is 50.8 Å². The molecule has 0 saturated heterocycles. The number of benzene rings is 2. The van der Waals surface area contributed by atoms with Gasteiger partial charge in [0, 0.05) is 21.7 Å². The number of anilines is 2. The van der Waals surface area contributed by atoms with Crippen LogP contribution < -0.4 is 16.0 Å². The lowest BCUT2D eigenvalue weighted by Gasteiger charge is -2.13. The van der Waals surface area contributed by atoms with E-state index in [1.807, 2.05) is 6.92 Å². The highest BCUT2D eigenvalue weighted by molar-refractivity contribution is 9.10. The van der Waals surface area contributed by atoms with Gasteiger partial charge in [-0.3, -0.25) is 4.79 Å². The molecule has 2 rings (SSSR count). The Morgan fingerprint density at radius 2 is 1.92 bits per heavy atom. The van der Waals surface area contributed by atoms with Crippen LogP contribution in [0.2, 0.25) is 5.02 Å². The lowest BCUT2D eigenvalue weighted by Crippen LogP contribution is -2.27. The number of carbonyl (C=O) groups is 2. The standard InChI is InChI=1S/C17H17BrClN3O2/c1-2-8-20-16(23)14-7-6-11(18)9-15(14)22-17(24)21-13-5-3-4-12(19)10-13/h3-7,9-10H,2,8H2,1H3,(H,20,23)(H2,21,22,24). The predicted octanol–water partition coefficient (Wildman–Crippen LogP) is 4.89. The highest BCUT2D eigenvalue weighted by Gasteiger charge is 2.14. The van der Waals surface area contributed by atoms with E-state index in [0.717, 1.165) is 10.9 Å². The molecular weight excluding hydrogens is 394 g/mol. The zero-order valence-corrected chi connectivity index (χ0v) is 15.4. The lowest BCUT2D eigenvalue weighted by atomic mass is 10.1. The fourth-order valence-corrected chi connectivity index (χ4v) is 2.55. The van der Waals surface area contributed by atoms with Crippen LogP contribution in [-0.4, -0.2) is 18.5 Å². The van der Waals surface area contributed by atoms with E-state index in [1.54, 1.807) is 42.5 Å². The van der Waals surface area contributed by atoms with Gasteiger partial charge in [-0.25, -0.2) is 4.79 Å². The lowest BCUT2D eigenvalue weighted by molar-refractivity contribution is 0.0954. The summed E-state index contributed by atoms with van der Waals surface area (Å²) < 4.78 is 0.757. The van der Waals surface area contributed by atoms with Crippen molar-refractivity contribution in [2.75, 3.05) is 17.2 Å². The van der Waals surface area contributed by atoms with Crippen LogP contribution in [0.5, 0.6) is 0 Å². The van der Waals surface area contributed by atoms with Gasteiger partial charge in [0.15, 0.2) is 0 Å². The molecule has 0 fully saturated rings. The number of urea groups is 1. The van der Waals surface area contributed by atoms with Crippen LogP contribution in [0.25, 0.3) is 0 Å². The number of hydrogen-bond acceptors (Lipinski definition) is 2. The Kier molecular flexibility index (Phi) is 6.63. The summed E-state index contributed by atoms with van der Waals surface area (Å²) in [7, 11) is 0. The van der Waals surface area contributed by atoms with Crippen molar-refractivity contribution in [3.63, 3.8) is 0 Å². The van der Waals surface area contributed by atoms with Gasteiger partial charge in [-0.05, 0) is 42.8 Å². The molecule has 0 aliphatic carbocycles. The van der Waals surface area contributed by atoms with Gasteiger partial charge in [-0.1, -0.05) is 40.5 Å². The fourth-order valence-electron chi connectivity index (χ4n) is 2.00. The predicted molar refractivity (Wildman–Crippen MR) is 101 cm³/mol. The van der Waals surface area contributed by atoms with Crippen molar-refractivity contribution < 1.29 is 9.59 Å². The van der Waals surface area contributed by atoms with Crippen molar-refractivity contribution in [3.05, 3.63) is 57.5 Å². The number of carbonyl (C=O) groups excluding carboxylic acids is 2. The molecule has 0 heterocycles. The van der Waals surface area contributed by atoms with Gasteiger partial charge in [0.2, 0.25) is 0 Å². The third-order valence-electron chi connectivity index (χ3n) is 3.09. The first kappa shape index (κ1) is 18.3. The van der Waals surface area contributed by atoms with E-state index in [2.05, 4.69) is 31.9 Å². The van der Waals surface area contributed by atoms with Crippen LogP contribution in [0.1, 0.15) is 23.7 Å². The summed E-state index contributed by atoms with van der Waals surface area (Å²) >= 11 is 9.24. The fraction of sp³-hybridized carbons (Fsp3) is 0.176. The summed E-state index contributed by atoms with van der Waals surface area (Å²) in [5.74, 6) is -0.234. The summed E-state index contributed by atoms with van der Waals surface area (Å²) in [4.78, 5) is 24.4. The van der Waals surface area contributed by atoms with Crippen LogP contribution in [0.4, 0.5) is 16.2 Å². The minimum Gasteiger partial charge on any atom is -0.352 e. The Morgan fingerprint density at radius 3 is 2.62 bits per heavy atom. The molecule has 3 amide bonds. The molecule has 2 aromatic rings. The van der Waals surface area contributed by atoms with E-state index < -0.39 is 6.03 Å². The topological polar surface area (TPSA) is 70.2 Å². The largest absolute Gasteiger partial charge is 0.352 e. The molecule has 3 N–H and O–H groups in total. The molecular formula is C17H17BrClN3O2. The smallest absolute Gasteiger partial charge is 0.323 e. The molecule has 24 heavy (non-hydrogen) atoms. The van der Waals surface area contributed by atoms with E-state index in [4.69, 9.17) is 11.6 Å². The second kappa shape index (κ2) is 8.70. The SMILES string of the molecule is CCCNC(=O)c1ccc(Br)cc1NC(=O)Nc1cccc(Cl)c1. The van der Waals surface area contributed by atoms with Crippen molar-refractivity contribution in [2.24, 2.45) is 0 Å². The van der Waals surface area contributed by atoms with Crippen molar-refractivity contribution in [2.45, 2.75) is 13.3 Å². The summed E-state index contributed by atoms with van der Waals surface area (Å²) in [6.07, 6.45) is 0.834. The van der Waals surface area contributed by atoms with Crippen LogP contribution >= 0.6 is 27.5 Å². The van der Waals surface area contributed by atoms with E-state index in [1.165, 1.54) is 0 Å². The van der Waals surface area contributed by atoms with E-state index in [-0.39, 0.29) is 5.91 Å². The van der Waals surface area contributed by atoms with E-state index >= 15 is 0 Å². The average molecular weight is 411 g/mol. The Morgan fingerprint density at radius 1 is 1.12 bits per heavy atom. The first-order chi connectivity index (χ1) is 11.5. The van der Waals surface area contributed by atoms with Gasteiger partial charge in [-0.2, -0.15) is 0 Å². The Labute approximate surface area is 153 Å². The molecule has 0 unspecified atom stereocenters. The summed E-state index contributed by atoms with van der Waals surface area (Å²) in [6.45, 7) is 2.54. The number of amides is 3. The maximum Gasteiger partial charge on any atom is 0.323 e. The van der Waals surface area contributed by atoms with Gasteiger partial charge >= 0.3 is 6.03 Å². The number of nitrogens with one attached hydrogen (secondary N) is 3. The molecule has 5 nitrogen and oxygen atoms in total. The van der Waals surface area contributed by atoms with Crippen LogP contribution in [0.15, 0.2) is 46.9 Å². The Balaban J connectivity index is 2.14. The van der Waals surface area contributed by atoms with Gasteiger partial charge in [0.25, 0.3) is 5.91 Å². The zero-order valence-electron chi connectivity index (χ0n) is 13.0. The average Bonchev–Trinajstić information content (AvgIpc) is 2.52. The maximum absolute atomic E-state index is 12.2. The summed E-state index contributed by atoms with van der Waals surface area (Å²) in [5, 5.41) is 8.69. The normalized spacial score (nSPS) is 10.1. The molecule has 0 aromatic heterocycles. The molecule has 0 aliphatic heterocycles. The second-order valence-corrected chi connectivity index (χ2v) is 6.39. The highest BCUT2D eigenvalue weighted by atomic mass is 79.9. The molecule has 0 bridgehead atoms. The molecule has 0 spiro atoms. The minimum absolute atomic E-state index is 0.234. The summed E-state index contributed by atoms with van der Waals surface area (Å²) in [6, 6.07) is 11.4. The number of halogens is 2. The quantitative estimate of drug-likeness (QED) is 0.657. The molecule has 0 radical (unpaired) electrons. The first-order valence-electron chi connectivity index (χ1n) is 7.41. The van der Waals surface area contributed by atoms with Crippen LogP contribution in [0.3, 0.4) is 0 Å². The summed E-state index contributed by atoms with van der Waals surface area (Å²) in [5.41, 5.74) is 1.37. The molecule has 0 atom stereocenters. The zero-order chi connectivity index (χ0) is 17.5. The third-order valence-corrected chi connectivity index (χ3v) is 3.82. The van der Waals surface area contributed by atoms with Gasteiger partial charge < -0.3 is 16.0 Å². The molecule has 126 valence electrons. The van der Waals surface area contributed by atoms with Gasteiger partial charge in [0.1, 0.15) is 0 Å². The molecule has 7 heteroatoms. The van der Waals surface area contributed by atoms with Crippen LogP contribution in [0, 0.1) is 0 Å². The first-order valence-corrected chi connectivity index (χ1v) is 8.58. The van der Waals surface area contributed by atoms with Crippen molar-refractivity contribution in [1.29, 1.82) is 0 Å². The van der Waals surface area contributed by atoms with Crippen molar-refractivity contribution in [1.82, 2.24) is 5.32 Å². The number of hydrogen-bond donors (Lipinski definition) is 3. The van der Waals surface area contributed by atoms with E-state index in [9.17, 15) is 9.59 Å². The van der Waals surface area contributed by atoms with Crippen LogP contribution in [-0.2, 0) is 0 Å². The molecule has 2 aromatic carbocycles. The second-order valence-electron chi connectivity index (χ2n) is 5.04. The number of rotatable bonds is 5. The Hall–Kier alpha value is -2.05. The van der Waals surface area contributed by atoms with Crippen molar-refractivity contribution in [3.8, 4) is 0 Å². The highest BCUT2D eigenvalue weighted by Crippen LogP contribution is 2.22. The monoisotopic (exact) mass is 409 g/mol. The van der Waals surface area contributed by atoms with Gasteiger partial charge in [0.05, 0.1) is 11.3 Å².